The molecule has 72 valence electrons. The Morgan fingerprint density at radius 1 is 1.08 bits per heavy atom. The van der Waals surface area contributed by atoms with Crippen molar-refractivity contribution in [1.82, 2.24) is 0 Å². The van der Waals surface area contributed by atoms with Gasteiger partial charge >= 0.3 is 0 Å². The van der Waals surface area contributed by atoms with Gasteiger partial charge in [-0.3, -0.25) is 0 Å². The van der Waals surface area contributed by atoms with E-state index in [0.717, 1.165) is 26.4 Å². The summed E-state index contributed by atoms with van der Waals surface area (Å²) in [5.41, 5.74) is 0. The highest BCUT2D eigenvalue weighted by molar-refractivity contribution is 4.71. The summed E-state index contributed by atoms with van der Waals surface area (Å²) in [6.45, 7) is 7.51. The molecule has 0 saturated carbocycles. The van der Waals surface area contributed by atoms with Crippen LogP contribution in [0.2, 0.25) is 0 Å². The van der Waals surface area contributed by atoms with Crippen LogP contribution in [0, 0.1) is 0 Å². The van der Waals surface area contributed by atoms with Crippen LogP contribution in [-0.2, 0) is 14.2 Å². The molecule has 0 aromatic carbocycles. The minimum absolute atomic E-state index is 0.392. The van der Waals surface area contributed by atoms with Crippen LogP contribution in [0.25, 0.3) is 0 Å². The predicted octanol–water partition coefficient (Wildman–Crippen LogP) is 1.22. The Kier molecular flexibility index (Phi) is 4.58. The smallest absolute Gasteiger partial charge is 0.104 e. The van der Waals surface area contributed by atoms with Gasteiger partial charge in [-0.2, -0.15) is 0 Å². The van der Waals surface area contributed by atoms with Crippen molar-refractivity contribution in [2.75, 3.05) is 26.4 Å². The highest BCUT2D eigenvalue weighted by Crippen LogP contribution is 2.12. The van der Waals surface area contributed by atoms with Gasteiger partial charge in [-0.05, 0) is 0 Å². The molecule has 2 unspecified atom stereocenters. The van der Waals surface area contributed by atoms with Gasteiger partial charge in [0, 0.05) is 0 Å². The first-order valence-electron chi connectivity index (χ1n) is 4.67. The fourth-order valence-electron chi connectivity index (χ4n) is 0.659. The summed E-state index contributed by atoms with van der Waals surface area (Å²) >= 11 is 0. The molecule has 2 fully saturated rings. The molecule has 12 heavy (non-hydrogen) atoms. The molecule has 0 aromatic heterocycles. The first-order valence-corrected chi connectivity index (χ1v) is 4.67. The minimum Gasteiger partial charge on any atom is -0.376 e. The van der Waals surface area contributed by atoms with Crippen LogP contribution in [0.5, 0.6) is 0 Å². The molecule has 2 atom stereocenters. The fourth-order valence-corrected chi connectivity index (χ4v) is 0.659. The van der Waals surface area contributed by atoms with Crippen LogP contribution in [0.4, 0.5) is 0 Å². The second-order valence-electron chi connectivity index (χ2n) is 3.16. The average Bonchev–Trinajstić information content (AvgIpc) is 2.82. The number of epoxide rings is 2. The maximum atomic E-state index is 5.23. The minimum atomic E-state index is 0.392. The molecule has 2 heterocycles. The van der Waals surface area contributed by atoms with E-state index in [1.807, 2.05) is 0 Å². The van der Waals surface area contributed by atoms with Crippen LogP contribution < -0.4 is 0 Å². The Labute approximate surface area is 74.0 Å². The average molecular weight is 174 g/mol. The van der Waals surface area contributed by atoms with Gasteiger partial charge in [-0.25, -0.2) is 0 Å². The SMILES string of the molecule is C(OCC1CO1)C1CO1.CCC. The van der Waals surface area contributed by atoms with Crippen LogP contribution in [0.1, 0.15) is 20.3 Å². The van der Waals surface area contributed by atoms with Crippen LogP contribution in [0.15, 0.2) is 0 Å². The molecule has 2 aliphatic rings. The summed E-state index contributed by atoms with van der Waals surface area (Å²) in [6.07, 6.45) is 2.03. The van der Waals surface area contributed by atoms with E-state index in [1.165, 1.54) is 6.42 Å². The topological polar surface area (TPSA) is 34.3 Å². The number of hydrogen-bond donors (Lipinski definition) is 0. The van der Waals surface area contributed by atoms with E-state index >= 15 is 0 Å². The summed E-state index contributed by atoms with van der Waals surface area (Å²) in [5.74, 6) is 0. The molecule has 0 bridgehead atoms. The van der Waals surface area contributed by atoms with Crippen LogP contribution >= 0.6 is 0 Å². The summed E-state index contributed by atoms with van der Waals surface area (Å²) in [5, 5.41) is 0. The van der Waals surface area contributed by atoms with Gasteiger partial charge in [0.2, 0.25) is 0 Å². The normalized spacial score (nSPS) is 30.5. The van der Waals surface area contributed by atoms with Crippen molar-refractivity contribution in [2.45, 2.75) is 32.5 Å². The van der Waals surface area contributed by atoms with E-state index in [0.29, 0.717) is 12.2 Å². The number of hydrogen-bond acceptors (Lipinski definition) is 3. The Bertz CT molecular complexity index is 96.3. The van der Waals surface area contributed by atoms with E-state index in [2.05, 4.69) is 13.8 Å². The molecule has 0 spiro atoms. The second-order valence-corrected chi connectivity index (χ2v) is 3.16. The largest absolute Gasteiger partial charge is 0.376 e. The first kappa shape index (κ1) is 9.96. The summed E-state index contributed by atoms with van der Waals surface area (Å²) < 4.78 is 15.1. The zero-order chi connectivity index (χ0) is 8.81. The third-order valence-electron chi connectivity index (χ3n) is 1.41. The molecular formula is C9H18O3. The fraction of sp³-hybridized carbons (Fsp3) is 1.00. The van der Waals surface area contributed by atoms with Crippen molar-refractivity contribution in [3.05, 3.63) is 0 Å². The van der Waals surface area contributed by atoms with E-state index in [4.69, 9.17) is 14.2 Å². The monoisotopic (exact) mass is 174 g/mol. The quantitative estimate of drug-likeness (QED) is 0.601. The van der Waals surface area contributed by atoms with Crippen LogP contribution in [0.3, 0.4) is 0 Å². The third kappa shape index (κ3) is 5.52. The van der Waals surface area contributed by atoms with Crippen LogP contribution in [-0.4, -0.2) is 38.6 Å². The van der Waals surface area contributed by atoms with Gasteiger partial charge in [0.05, 0.1) is 26.4 Å². The lowest BCUT2D eigenvalue weighted by molar-refractivity contribution is 0.102. The lowest BCUT2D eigenvalue weighted by Crippen LogP contribution is -2.06. The standard InChI is InChI=1S/C6H10O3.C3H8/c1(5-3-8-5)7-2-6-4-9-6;1-3-2/h5-6H,1-4H2;3H2,1-2H3. The van der Waals surface area contributed by atoms with Crippen molar-refractivity contribution in [2.24, 2.45) is 0 Å². The summed E-state index contributed by atoms with van der Waals surface area (Å²) in [4.78, 5) is 0. The zero-order valence-electron chi connectivity index (χ0n) is 7.91. The van der Waals surface area contributed by atoms with Crippen molar-refractivity contribution < 1.29 is 14.2 Å². The number of rotatable bonds is 4. The van der Waals surface area contributed by atoms with E-state index in [1.54, 1.807) is 0 Å². The van der Waals surface area contributed by atoms with Crippen molar-refractivity contribution in [3.63, 3.8) is 0 Å². The van der Waals surface area contributed by atoms with Crippen molar-refractivity contribution in [1.29, 1.82) is 0 Å². The molecule has 0 N–H and O–H groups in total. The van der Waals surface area contributed by atoms with Gasteiger partial charge < -0.3 is 14.2 Å². The number of ether oxygens (including phenoxy) is 3. The van der Waals surface area contributed by atoms with E-state index in [9.17, 15) is 0 Å². The van der Waals surface area contributed by atoms with E-state index < -0.39 is 0 Å². The maximum absolute atomic E-state index is 5.23. The van der Waals surface area contributed by atoms with Gasteiger partial charge in [0.25, 0.3) is 0 Å². The van der Waals surface area contributed by atoms with Crippen molar-refractivity contribution >= 4 is 0 Å². The highest BCUT2D eigenvalue weighted by Gasteiger charge is 2.26. The lowest BCUT2D eigenvalue weighted by atomic mass is 10.5. The summed E-state index contributed by atoms with van der Waals surface area (Å²) in [6, 6.07) is 0. The van der Waals surface area contributed by atoms with Gasteiger partial charge in [0.1, 0.15) is 12.2 Å². The Hall–Kier alpha value is -0.120. The third-order valence-corrected chi connectivity index (χ3v) is 1.41. The Balaban J connectivity index is 0.000000213. The first-order chi connectivity index (χ1) is 5.86. The second kappa shape index (κ2) is 5.51. The molecule has 2 aliphatic heterocycles. The highest BCUT2D eigenvalue weighted by atomic mass is 16.6. The molecule has 0 amide bonds. The Morgan fingerprint density at radius 2 is 1.42 bits per heavy atom. The van der Waals surface area contributed by atoms with E-state index in [-0.39, 0.29) is 0 Å². The van der Waals surface area contributed by atoms with Gasteiger partial charge in [-0.15, -0.1) is 0 Å². The van der Waals surface area contributed by atoms with Gasteiger partial charge in [0.15, 0.2) is 0 Å². The molecule has 2 rings (SSSR count). The molecule has 2 saturated heterocycles. The van der Waals surface area contributed by atoms with Crippen molar-refractivity contribution in [3.8, 4) is 0 Å². The zero-order valence-corrected chi connectivity index (χ0v) is 7.91. The Morgan fingerprint density at radius 3 is 1.67 bits per heavy atom. The maximum Gasteiger partial charge on any atom is 0.104 e. The molecule has 3 nitrogen and oxygen atoms in total. The summed E-state index contributed by atoms with van der Waals surface area (Å²) in [7, 11) is 0. The molecule has 0 radical (unpaired) electrons. The predicted molar refractivity (Wildman–Crippen MR) is 46.3 cm³/mol. The molecule has 0 aromatic rings. The van der Waals surface area contributed by atoms with Gasteiger partial charge in [-0.1, -0.05) is 20.3 Å². The molecule has 3 heteroatoms. The lowest BCUT2D eigenvalue weighted by Gasteiger charge is -1.95. The molecular weight excluding hydrogens is 156 g/mol. The molecule has 0 aliphatic carbocycles.